The molecule has 0 saturated carbocycles. The lowest BCUT2D eigenvalue weighted by Crippen LogP contribution is -2.26. The molecule has 0 bridgehead atoms. The molecular weight excluding hydrogens is 332 g/mol. The fourth-order valence-corrected chi connectivity index (χ4v) is 3.40. The Morgan fingerprint density at radius 3 is 3.19 bits per heavy atom. The molecule has 4 rings (SSSR count). The first kappa shape index (κ1) is 16.8. The smallest absolute Gasteiger partial charge is 0.273 e. The standard InChI is InChI=1S/C19H22N4O3/c24-14-6-9-23(10-14)11-18-22-17(12-26-18)19(25)21-7-4-13-2-1-3-16-15(13)5-8-20-16/h1-3,5,8,12,14,20,24H,4,6-7,9-11H2,(H,21,25)/t14-/m0/s1. The number of oxazole rings is 1. The molecule has 2 aromatic heterocycles. The van der Waals surface area contributed by atoms with E-state index < -0.39 is 0 Å². The van der Waals surface area contributed by atoms with Crippen molar-refractivity contribution >= 4 is 16.8 Å². The molecule has 136 valence electrons. The molecule has 1 amide bonds. The molecule has 0 aliphatic carbocycles. The molecule has 1 aromatic carbocycles. The second-order valence-electron chi connectivity index (χ2n) is 6.67. The number of aliphatic hydroxyl groups is 1. The Kier molecular flexibility index (Phi) is 4.73. The van der Waals surface area contributed by atoms with Gasteiger partial charge in [-0.25, -0.2) is 4.98 Å². The maximum Gasteiger partial charge on any atom is 0.273 e. The maximum absolute atomic E-state index is 12.3. The van der Waals surface area contributed by atoms with Crippen molar-refractivity contribution in [3.63, 3.8) is 0 Å². The second kappa shape index (κ2) is 7.31. The quantitative estimate of drug-likeness (QED) is 0.626. The number of carbonyl (C=O) groups excluding carboxylic acids is 1. The molecule has 7 nitrogen and oxygen atoms in total. The van der Waals surface area contributed by atoms with Crippen molar-refractivity contribution in [3.05, 3.63) is 53.9 Å². The average Bonchev–Trinajstić information content (AvgIpc) is 3.36. The molecule has 7 heteroatoms. The lowest BCUT2D eigenvalue weighted by molar-refractivity contribution is 0.0949. The first-order valence-corrected chi connectivity index (χ1v) is 8.87. The number of β-amino-alcohol motifs (C(OH)–C–C–N with tert-alkyl or cyclic N) is 1. The lowest BCUT2D eigenvalue weighted by Gasteiger charge is -2.11. The van der Waals surface area contributed by atoms with Gasteiger partial charge in [0.2, 0.25) is 5.89 Å². The van der Waals surface area contributed by atoms with Crippen molar-refractivity contribution in [2.45, 2.75) is 25.5 Å². The maximum atomic E-state index is 12.3. The van der Waals surface area contributed by atoms with Gasteiger partial charge in [0.1, 0.15) is 6.26 Å². The van der Waals surface area contributed by atoms with Crippen molar-refractivity contribution in [2.75, 3.05) is 19.6 Å². The molecule has 0 radical (unpaired) electrons. The van der Waals surface area contributed by atoms with Gasteiger partial charge in [0.15, 0.2) is 5.69 Å². The topological polar surface area (TPSA) is 94.4 Å². The van der Waals surface area contributed by atoms with Gasteiger partial charge in [-0.3, -0.25) is 9.69 Å². The van der Waals surface area contributed by atoms with Gasteiger partial charge >= 0.3 is 0 Å². The number of amides is 1. The molecule has 1 aliphatic heterocycles. The van der Waals surface area contributed by atoms with E-state index in [1.807, 2.05) is 24.4 Å². The van der Waals surface area contributed by atoms with E-state index in [-0.39, 0.29) is 12.0 Å². The van der Waals surface area contributed by atoms with Crippen LogP contribution in [0, 0.1) is 0 Å². The highest BCUT2D eigenvalue weighted by atomic mass is 16.3. The Hall–Kier alpha value is -2.64. The van der Waals surface area contributed by atoms with Crippen LogP contribution in [-0.4, -0.2) is 51.6 Å². The van der Waals surface area contributed by atoms with E-state index in [2.05, 4.69) is 26.3 Å². The number of aromatic amines is 1. The third kappa shape index (κ3) is 3.63. The number of hydrogen-bond donors (Lipinski definition) is 3. The molecule has 1 aliphatic rings. The van der Waals surface area contributed by atoms with E-state index >= 15 is 0 Å². The van der Waals surface area contributed by atoms with Gasteiger partial charge < -0.3 is 19.8 Å². The highest BCUT2D eigenvalue weighted by Gasteiger charge is 2.22. The normalized spacial score (nSPS) is 17.8. The average molecular weight is 354 g/mol. The zero-order valence-electron chi connectivity index (χ0n) is 14.4. The Morgan fingerprint density at radius 2 is 2.35 bits per heavy atom. The first-order chi connectivity index (χ1) is 12.7. The molecule has 3 N–H and O–H groups in total. The molecule has 3 aromatic rings. The highest BCUT2D eigenvalue weighted by molar-refractivity contribution is 5.92. The number of rotatable bonds is 6. The summed E-state index contributed by atoms with van der Waals surface area (Å²) in [5.41, 5.74) is 2.58. The van der Waals surface area contributed by atoms with Crippen LogP contribution in [0.1, 0.15) is 28.4 Å². The van der Waals surface area contributed by atoms with Crippen molar-refractivity contribution in [1.29, 1.82) is 0 Å². The third-order valence-corrected chi connectivity index (χ3v) is 4.76. The number of fused-ring (bicyclic) bond motifs is 1. The number of carbonyl (C=O) groups is 1. The summed E-state index contributed by atoms with van der Waals surface area (Å²) in [6.45, 7) is 2.48. The van der Waals surface area contributed by atoms with E-state index in [1.54, 1.807) is 0 Å². The van der Waals surface area contributed by atoms with E-state index in [4.69, 9.17) is 4.42 Å². The van der Waals surface area contributed by atoms with E-state index in [9.17, 15) is 9.90 Å². The summed E-state index contributed by atoms with van der Waals surface area (Å²) in [7, 11) is 0. The number of H-pyrrole nitrogens is 1. The lowest BCUT2D eigenvalue weighted by atomic mass is 10.1. The van der Waals surface area contributed by atoms with Crippen LogP contribution in [0.5, 0.6) is 0 Å². The first-order valence-electron chi connectivity index (χ1n) is 8.87. The zero-order valence-corrected chi connectivity index (χ0v) is 14.4. The second-order valence-corrected chi connectivity index (χ2v) is 6.67. The third-order valence-electron chi connectivity index (χ3n) is 4.76. The van der Waals surface area contributed by atoms with Gasteiger partial charge in [0.05, 0.1) is 12.6 Å². The fraction of sp³-hybridized carbons (Fsp3) is 0.368. The summed E-state index contributed by atoms with van der Waals surface area (Å²) < 4.78 is 5.40. The van der Waals surface area contributed by atoms with Gasteiger partial charge in [-0.1, -0.05) is 12.1 Å². The number of aliphatic hydroxyl groups excluding tert-OH is 1. The summed E-state index contributed by atoms with van der Waals surface area (Å²) in [4.78, 5) is 21.8. The number of hydrogen-bond acceptors (Lipinski definition) is 5. The Morgan fingerprint density at radius 1 is 1.42 bits per heavy atom. The number of aromatic nitrogens is 2. The molecule has 0 unspecified atom stereocenters. The van der Waals surface area contributed by atoms with Crippen molar-refractivity contribution in [1.82, 2.24) is 20.2 Å². The van der Waals surface area contributed by atoms with E-state index in [0.29, 0.717) is 31.2 Å². The molecule has 26 heavy (non-hydrogen) atoms. The predicted octanol–water partition coefficient (Wildman–Crippen LogP) is 1.69. The minimum absolute atomic E-state index is 0.234. The van der Waals surface area contributed by atoms with Crippen molar-refractivity contribution < 1.29 is 14.3 Å². The molecule has 1 fully saturated rings. The van der Waals surface area contributed by atoms with Crippen LogP contribution in [-0.2, 0) is 13.0 Å². The number of likely N-dealkylation sites (tertiary alicyclic amines) is 1. The SMILES string of the molecule is O=C(NCCc1cccc2[nH]ccc12)c1coc(CN2CC[C@H](O)C2)n1. The van der Waals surface area contributed by atoms with Gasteiger partial charge in [-0.2, -0.15) is 0 Å². The van der Waals surface area contributed by atoms with Crippen molar-refractivity contribution in [2.24, 2.45) is 0 Å². The minimum Gasteiger partial charge on any atom is -0.447 e. The van der Waals surface area contributed by atoms with Gasteiger partial charge in [-0.15, -0.1) is 0 Å². The van der Waals surface area contributed by atoms with E-state index in [1.165, 1.54) is 17.2 Å². The molecular formula is C19H22N4O3. The van der Waals surface area contributed by atoms with Crippen LogP contribution in [0.3, 0.4) is 0 Å². The number of benzene rings is 1. The molecule has 3 heterocycles. The minimum atomic E-state index is -0.280. The predicted molar refractivity (Wildman–Crippen MR) is 96.7 cm³/mol. The van der Waals surface area contributed by atoms with Crippen LogP contribution in [0.25, 0.3) is 10.9 Å². The Bertz CT molecular complexity index is 901. The Balaban J connectivity index is 1.30. The highest BCUT2D eigenvalue weighted by Crippen LogP contribution is 2.17. The van der Waals surface area contributed by atoms with Gasteiger partial charge in [0, 0.05) is 36.7 Å². The van der Waals surface area contributed by atoms with E-state index in [0.717, 1.165) is 24.9 Å². The Labute approximate surface area is 151 Å². The molecule has 0 spiro atoms. The van der Waals surface area contributed by atoms with Crippen LogP contribution >= 0.6 is 0 Å². The number of nitrogens with one attached hydrogen (secondary N) is 2. The van der Waals surface area contributed by atoms with Gasteiger partial charge in [-0.05, 0) is 30.5 Å². The fourth-order valence-electron chi connectivity index (χ4n) is 3.40. The van der Waals surface area contributed by atoms with Crippen molar-refractivity contribution in [3.8, 4) is 0 Å². The molecule has 1 atom stereocenters. The summed E-state index contributed by atoms with van der Waals surface area (Å²) >= 11 is 0. The monoisotopic (exact) mass is 354 g/mol. The largest absolute Gasteiger partial charge is 0.447 e. The van der Waals surface area contributed by atoms with Crippen LogP contribution in [0.2, 0.25) is 0 Å². The summed E-state index contributed by atoms with van der Waals surface area (Å²) in [5, 5.41) is 13.6. The van der Waals surface area contributed by atoms with Crippen LogP contribution in [0.15, 0.2) is 41.1 Å². The van der Waals surface area contributed by atoms with Gasteiger partial charge in [0.25, 0.3) is 5.91 Å². The number of nitrogens with zero attached hydrogens (tertiary/aromatic N) is 2. The van der Waals surface area contributed by atoms with Crippen LogP contribution in [0.4, 0.5) is 0 Å². The summed E-state index contributed by atoms with van der Waals surface area (Å²) in [6, 6.07) is 8.16. The summed E-state index contributed by atoms with van der Waals surface area (Å²) in [5.74, 6) is 0.268. The summed E-state index contributed by atoms with van der Waals surface area (Å²) in [6.07, 6.45) is 4.55. The zero-order chi connectivity index (χ0) is 17.9. The van der Waals surface area contributed by atoms with Crippen LogP contribution < -0.4 is 5.32 Å². The molecule has 1 saturated heterocycles.